The molecule has 1 N–H and O–H groups in total. The molecule has 0 bridgehead atoms. The van der Waals surface area contributed by atoms with Crippen LogP contribution in [0.25, 0.3) is 0 Å². The summed E-state index contributed by atoms with van der Waals surface area (Å²) in [6.07, 6.45) is 1.77. The minimum atomic E-state index is -0.260. The molecule has 3 aromatic rings. The van der Waals surface area contributed by atoms with E-state index >= 15 is 0 Å². The maximum absolute atomic E-state index is 12.8. The van der Waals surface area contributed by atoms with Crippen molar-refractivity contribution in [3.63, 3.8) is 0 Å². The first-order chi connectivity index (χ1) is 11.2. The molecule has 0 aliphatic carbocycles. The quantitative estimate of drug-likeness (QED) is 0.675. The Hall–Kier alpha value is -2.23. The molecule has 0 amide bonds. The monoisotopic (exact) mass is 342 g/mol. The third kappa shape index (κ3) is 2.24. The molecule has 0 spiro atoms. The lowest BCUT2D eigenvalue weighted by Gasteiger charge is -2.20. The number of aromatic nitrogens is 1. The number of halogens is 2. The zero-order valence-corrected chi connectivity index (χ0v) is 13.5. The number of carbonyl (C=O) groups excluding carboxylic acids is 1. The van der Waals surface area contributed by atoms with Crippen molar-refractivity contribution >= 4 is 34.8 Å². The first-order valence-corrected chi connectivity index (χ1v) is 7.94. The molecule has 0 fully saturated rings. The van der Waals surface area contributed by atoms with Gasteiger partial charge in [-0.15, -0.1) is 0 Å². The molecule has 3 nitrogen and oxygen atoms in total. The summed E-state index contributed by atoms with van der Waals surface area (Å²) in [5.41, 5.74) is 3.08. The summed E-state index contributed by atoms with van der Waals surface area (Å²) in [5.74, 6) is -0.0613. The minimum Gasteiger partial charge on any atom is -0.372 e. The van der Waals surface area contributed by atoms with Crippen LogP contribution in [0.2, 0.25) is 10.0 Å². The smallest absolute Gasteiger partial charge is 0.264 e. The lowest BCUT2D eigenvalue weighted by atomic mass is 10.0. The fraction of sp³-hybridized carbons (Fsp3) is 0.0556. The highest BCUT2D eigenvalue weighted by Crippen LogP contribution is 2.38. The first-order valence-electron chi connectivity index (χ1n) is 7.18. The van der Waals surface area contributed by atoms with Gasteiger partial charge in [0.2, 0.25) is 0 Å². The second-order valence-corrected chi connectivity index (χ2v) is 6.16. The molecule has 0 saturated heterocycles. The molecule has 1 aliphatic heterocycles. The summed E-state index contributed by atoms with van der Waals surface area (Å²) < 4.78 is 1.65. The number of hydrogen-bond donors (Lipinski definition) is 1. The van der Waals surface area contributed by atoms with Crippen LogP contribution in [0, 0.1) is 0 Å². The summed E-state index contributed by atoms with van der Waals surface area (Å²) in [6.45, 7) is 0. The van der Waals surface area contributed by atoms with Crippen molar-refractivity contribution in [3.8, 4) is 0 Å². The van der Waals surface area contributed by atoms with E-state index in [1.807, 2.05) is 48.5 Å². The number of para-hydroxylation sites is 1. The first kappa shape index (κ1) is 14.4. The molecule has 1 unspecified atom stereocenters. The molecule has 2 heterocycles. The number of hydrogen-bond acceptors (Lipinski definition) is 2. The van der Waals surface area contributed by atoms with Crippen LogP contribution in [-0.2, 0) is 0 Å². The number of benzene rings is 2. The van der Waals surface area contributed by atoms with Crippen LogP contribution in [0.1, 0.15) is 27.7 Å². The number of nitrogens with one attached hydrogen (secondary N) is 1. The maximum atomic E-state index is 12.8. The molecule has 114 valence electrons. The number of fused-ring (bicyclic) bond motifs is 2. The Morgan fingerprint density at radius 1 is 0.957 bits per heavy atom. The van der Waals surface area contributed by atoms with Gasteiger partial charge in [-0.25, -0.2) is 0 Å². The fourth-order valence-electron chi connectivity index (χ4n) is 2.95. The molecule has 2 aromatic carbocycles. The lowest BCUT2D eigenvalue weighted by Crippen LogP contribution is -2.16. The van der Waals surface area contributed by atoms with Crippen molar-refractivity contribution in [1.29, 1.82) is 0 Å². The number of nitrogens with zero attached hydrogens (tertiary/aromatic N) is 1. The second-order valence-electron chi connectivity index (χ2n) is 5.37. The van der Waals surface area contributed by atoms with Crippen LogP contribution >= 0.6 is 23.2 Å². The van der Waals surface area contributed by atoms with Gasteiger partial charge in [-0.05, 0) is 30.3 Å². The van der Waals surface area contributed by atoms with Gasteiger partial charge >= 0.3 is 0 Å². The summed E-state index contributed by atoms with van der Waals surface area (Å²) in [4.78, 5) is 12.8. The predicted molar refractivity (Wildman–Crippen MR) is 92.5 cm³/mol. The molecule has 23 heavy (non-hydrogen) atoms. The zero-order chi connectivity index (χ0) is 16.0. The summed E-state index contributed by atoms with van der Waals surface area (Å²) in [6, 6.07) is 16.5. The lowest BCUT2D eigenvalue weighted by molar-refractivity contribution is 0.0959. The largest absolute Gasteiger partial charge is 0.372 e. The minimum absolute atomic E-state index is 0.0613. The van der Waals surface area contributed by atoms with E-state index < -0.39 is 0 Å². The van der Waals surface area contributed by atoms with Gasteiger partial charge in [-0.2, -0.15) is 0 Å². The van der Waals surface area contributed by atoms with Crippen LogP contribution in [0.3, 0.4) is 0 Å². The Kier molecular flexibility index (Phi) is 3.40. The van der Waals surface area contributed by atoms with Crippen molar-refractivity contribution in [2.45, 2.75) is 6.04 Å². The number of rotatable bonds is 1. The average Bonchev–Trinajstić information content (AvgIpc) is 3.01. The van der Waals surface area contributed by atoms with Gasteiger partial charge in [-0.1, -0.05) is 47.5 Å². The summed E-state index contributed by atoms with van der Waals surface area (Å²) in [5, 5.41) is 4.42. The van der Waals surface area contributed by atoms with Gasteiger partial charge in [0, 0.05) is 17.4 Å². The normalized spacial score (nSPS) is 16.3. The molecule has 0 saturated carbocycles. The van der Waals surface area contributed by atoms with Crippen molar-refractivity contribution in [2.75, 3.05) is 5.32 Å². The van der Waals surface area contributed by atoms with E-state index in [2.05, 4.69) is 5.32 Å². The maximum Gasteiger partial charge on any atom is 0.264 e. The van der Waals surface area contributed by atoms with Crippen LogP contribution < -0.4 is 5.32 Å². The Morgan fingerprint density at radius 2 is 1.78 bits per heavy atom. The van der Waals surface area contributed by atoms with E-state index in [-0.39, 0.29) is 11.9 Å². The van der Waals surface area contributed by atoms with Gasteiger partial charge in [0.25, 0.3) is 5.91 Å². The van der Waals surface area contributed by atoms with Crippen LogP contribution in [0.15, 0.2) is 60.8 Å². The zero-order valence-electron chi connectivity index (χ0n) is 12.0. The van der Waals surface area contributed by atoms with Crippen LogP contribution in [0.4, 0.5) is 5.69 Å². The third-order valence-corrected chi connectivity index (χ3v) is 4.88. The highest BCUT2D eigenvalue weighted by atomic mass is 35.5. The Balaban J connectivity index is 1.96. The van der Waals surface area contributed by atoms with Crippen molar-refractivity contribution in [2.24, 2.45) is 0 Å². The highest BCUT2D eigenvalue weighted by molar-refractivity contribution is 6.42. The predicted octanol–water partition coefficient (Wildman–Crippen LogP) is 5.00. The molecule has 1 aromatic heterocycles. The summed E-state index contributed by atoms with van der Waals surface area (Å²) in [7, 11) is 0. The van der Waals surface area contributed by atoms with Crippen LogP contribution in [-0.4, -0.2) is 10.5 Å². The van der Waals surface area contributed by atoms with Gasteiger partial charge < -0.3 is 5.32 Å². The molecular formula is C18H12Cl2N2O. The van der Waals surface area contributed by atoms with E-state index in [1.165, 1.54) is 0 Å². The van der Waals surface area contributed by atoms with Gasteiger partial charge in [-0.3, -0.25) is 9.36 Å². The van der Waals surface area contributed by atoms with Crippen molar-refractivity contribution in [3.05, 3.63) is 87.7 Å². The highest BCUT2D eigenvalue weighted by Gasteiger charge is 2.28. The Bertz CT molecular complexity index is 917. The van der Waals surface area contributed by atoms with Gasteiger partial charge in [0.1, 0.15) is 0 Å². The topological polar surface area (TPSA) is 34.0 Å². The van der Waals surface area contributed by atoms with E-state index in [1.54, 1.807) is 16.8 Å². The van der Waals surface area contributed by atoms with Gasteiger partial charge in [0.05, 0.1) is 27.3 Å². The van der Waals surface area contributed by atoms with E-state index in [4.69, 9.17) is 23.2 Å². The number of anilines is 1. The molecule has 4 rings (SSSR count). The second kappa shape index (κ2) is 5.44. The molecule has 1 aliphatic rings. The van der Waals surface area contributed by atoms with Crippen molar-refractivity contribution in [1.82, 2.24) is 4.57 Å². The van der Waals surface area contributed by atoms with Gasteiger partial charge in [0.15, 0.2) is 0 Å². The average molecular weight is 343 g/mol. The molecule has 5 heteroatoms. The fourth-order valence-corrected chi connectivity index (χ4v) is 3.37. The Morgan fingerprint density at radius 3 is 2.65 bits per heavy atom. The van der Waals surface area contributed by atoms with E-state index in [9.17, 15) is 4.79 Å². The Labute approximate surface area is 143 Å². The van der Waals surface area contributed by atoms with E-state index in [0.29, 0.717) is 15.6 Å². The van der Waals surface area contributed by atoms with Crippen molar-refractivity contribution < 1.29 is 4.79 Å². The van der Waals surface area contributed by atoms with Crippen LogP contribution in [0.5, 0.6) is 0 Å². The standard InChI is InChI=1S/C18H12Cl2N2O/c19-13-7-3-6-12(16(13)20)17-15-9-4-10-22(15)18(23)11-5-1-2-8-14(11)21-17/h1-10,17,21H. The molecular weight excluding hydrogens is 331 g/mol. The molecule has 1 atom stereocenters. The third-order valence-electron chi connectivity index (χ3n) is 4.04. The number of carbonyl (C=O) groups is 1. The SMILES string of the molecule is O=C1c2ccccc2NC(c2cccc(Cl)c2Cl)c2cccn21. The van der Waals surface area contributed by atoms with E-state index in [0.717, 1.165) is 16.9 Å². The summed E-state index contributed by atoms with van der Waals surface area (Å²) >= 11 is 12.6. The molecule has 0 radical (unpaired) electrons.